The van der Waals surface area contributed by atoms with Crippen molar-refractivity contribution in [3.63, 3.8) is 0 Å². The number of aromatic nitrogens is 1. The molecule has 0 aliphatic heterocycles. The molecular formula is C17H21N3O. The minimum absolute atomic E-state index is 0.0472. The van der Waals surface area contributed by atoms with Crippen LogP contribution in [0.4, 0.5) is 5.69 Å². The van der Waals surface area contributed by atoms with Gasteiger partial charge in [-0.1, -0.05) is 12.1 Å². The van der Waals surface area contributed by atoms with Gasteiger partial charge in [0.1, 0.15) is 0 Å². The number of rotatable bonds is 5. The molecule has 4 heteroatoms. The third kappa shape index (κ3) is 4.05. The monoisotopic (exact) mass is 283 g/mol. The number of pyridine rings is 1. The molecule has 21 heavy (non-hydrogen) atoms. The third-order valence-electron chi connectivity index (χ3n) is 3.27. The first-order chi connectivity index (χ1) is 10.1. The Kier molecular flexibility index (Phi) is 4.93. The first kappa shape index (κ1) is 15.0. The van der Waals surface area contributed by atoms with Crippen molar-refractivity contribution in [2.24, 2.45) is 0 Å². The molecule has 110 valence electrons. The molecule has 1 aromatic heterocycles. The fourth-order valence-electron chi connectivity index (χ4n) is 2.01. The van der Waals surface area contributed by atoms with Crippen LogP contribution in [0.5, 0.6) is 0 Å². The topological polar surface area (TPSA) is 54.0 Å². The number of hydrogen-bond donors (Lipinski definition) is 2. The molecule has 1 aromatic carbocycles. The van der Waals surface area contributed by atoms with Crippen LogP contribution in [-0.4, -0.2) is 17.4 Å². The Morgan fingerprint density at radius 1 is 1.19 bits per heavy atom. The lowest BCUT2D eigenvalue weighted by Crippen LogP contribution is -2.22. The number of aryl methyl sites for hydroxylation is 2. The zero-order valence-corrected chi connectivity index (χ0v) is 12.7. The molecule has 2 aromatic rings. The largest absolute Gasteiger partial charge is 0.379 e. The SMILES string of the molecule is CCNC(=O)c1ccc(C)c(NCc2ccc(C)cn2)c1. The second-order valence-electron chi connectivity index (χ2n) is 5.07. The Morgan fingerprint density at radius 3 is 2.67 bits per heavy atom. The summed E-state index contributed by atoms with van der Waals surface area (Å²) in [6.07, 6.45) is 1.86. The quantitative estimate of drug-likeness (QED) is 0.886. The number of hydrogen-bond acceptors (Lipinski definition) is 3. The lowest BCUT2D eigenvalue weighted by Gasteiger charge is -2.11. The first-order valence-corrected chi connectivity index (χ1v) is 7.14. The Morgan fingerprint density at radius 2 is 2.00 bits per heavy atom. The van der Waals surface area contributed by atoms with E-state index in [0.29, 0.717) is 18.7 Å². The van der Waals surface area contributed by atoms with E-state index in [0.717, 1.165) is 22.5 Å². The molecule has 0 spiro atoms. The molecule has 2 rings (SSSR count). The van der Waals surface area contributed by atoms with Crippen molar-refractivity contribution in [3.05, 3.63) is 58.9 Å². The molecule has 1 amide bonds. The second kappa shape index (κ2) is 6.88. The van der Waals surface area contributed by atoms with Crippen LogP contribution < -0.4 is 10.6 Å². The van der Waals surface area contributed by atoms with E-state index in [-0.39, 0.29) is 5.91 Å². The van der Waals surface area contributed by atoms with Gasteiger partial charge < -0.3 is 10.6 Å². The van der Waals surface area contributed by atoms with Crippen molar-refractivity contribution in [2.75, 3.05) is 11.9 Å². The van der Waals surface area contributed by atoms with Gasteiger partial charge in [0.25, 0.3) is 5.91 Å². The highest BCUT2D eigenvalue weighted by molar-refractivity contribution is 5.95. The van der Waals surface area contributed by atoms with Crippen LogP contribution in [0.1, 0.15) is 34.1 Å². The summed E-state index contributed by atoms with van der Waals surface area (Å²) < 4.78 is 0. The van der Waals surface area contributed by atoms with Crippen molar-refractivity contribution < 1.29 is 4.79 Å². The molecule has 0 radical (unpaired) electrons. The van der Waals surface area contributed by atoms with Gasteiger partial charge >= 0.3 is 0 Å². The van der Waals surface area contributed by atoms with Gasteiger partial charge in [-0.25, -0.2) is 0 Å². The summed E-state index contributed by atoms with van der Waals surface area (Å²) in [5.74, 6) is -0.0472. The van der Waals surface area contributed by atoms with Crippen LogP contribution in [0.2, 0.25) is 0 Å². The van der Waals surface area contributed by atoms with Crippen LogP contribution >= 0.6 is 0 Å². The molecule has 2 N–H and O–H groups in total. The van der Waals surface area contributed by atoms with Crippen molar-refractivity contribution in [1.82, 2.24) is 10.3 Å². The first-order valence-electron chi connectivity index (χ1n) is 7.14. The molecule has 0 bridgehead atoms. The average Bonchev–Trinajstić information content (AvgIpc) is 2.48. The number of anilines is 1. The maximum absolute atomic E-state index is 11.9. The van der Waals surface area contributed by atoms with Crippen molar-refractivity contribution in [2.45, 2.75) is 27.3 Å². The Bertz CT molecular complexity index is 620. The maximum atomic E-state index is 11.9. The fourth-order valence-corrected chi connectivity index (χ4v) is 2.01. The summed E-state index contributed by atoms with van der Waals surface area (Å²) in [5, 5.41) is 6.15. The van der Waals surface area contributed by atoms with E-state index in [1.54, 1.807) is 0 Å². The van der Waals surface area contributed by atoms with Gasteiger partial charge in [0.2, 0.25) is 0 Å². The zero-order chi connectivity index (χ0) is 15.2. The summed E-state index contributed by atoms with van der Waals surface area (Å²) in [5.41, 5.74) is 4.86. The van der Waals surface area contributed by atoms with Gasteiger partial charge in [0.15, 0.2) is 0 Å². The number of carbonyl (C=O) groups excluding carboxylic acids is 1. The summed E-state index contributed by atoms with van der Waals surface area (Å²) >= 11 is 0. The van der Waals surface area contributed by atoms with Crippen molar-refractivity contribution >= 4 is 11.6 Å². The van der Waals surface area contributed by atoms with Gasteiger partial charge in [-0.05, 0) is 50.1 Å². The smallest absolute Gasteiger partial charge is 0.251 e. The van der Waals surface area contributed by atoms with Crippen LogP contribution in [0.3, 0.4) is 0 Å². The van der Waals surface area contributed by atoms with Gasteiger partial charge in [-0.15, -0.1) is 0 Å². The van der Waals surface area contributed by atoms with E-state index in [9.17, 15) is 4.79 Å². The summed E-state index contributed by atoms with van der Waals surface area (Å²) in [7, 11) is 0. The number of carbonyl (C=O) groups is 1. The number of benzene rings is 1. The highest BCUT2D eigenvalue weighted by atomic mass is 16.1. The maximum Gasteiger partial charge on any atom is 0.251 e. The fraction of sp³-hybridized carbons (Fsp3) is 0.294. The van der Waals surface area contributed by atoms with E-state index >= 15 is 0 Å². The number of amides is 1. The zero-order valence-electron chi connectivity index (χ0n) is 12.7. The van der Waals surface area contributed by atoms with Crippen LogP contribution in [0.15, 0.2) is 36.5 Å². The molecule has 4 nitrogen and oxygen atoms in total. The highest BCUT2D eigenvalue weighted by Crippen LogP contribution is 2.17. The van der Waals surface area contributed by atoms with E-state index < -0.39 is 0 Å². The van der Waals surface area contributed by atoms with Crippen molar-refractivity contribution in [1.29, 1.82) is 0 Å². The van der Waals surface area contributed by atoms with Gasteiger partial charge in [0, 0.05) is 24.0 Å². The predicted octanol–water partition coefficient (Wildman–Crippen LogP) is 3.06. The summed E-state index contributed by atoms with van der Waals surface area (Å²) in [6, 6.07) is 9.73. The molecule has 0 saturated carbocycles. The third-order valence-corrected chi connectivity index (χ3v) is 3.27. The molecule has 0 atom stereocenters. The van der Waals surface area contributed by atoms with Gasteiger partial charge in [-0.3, -0.25) is 9.78 Å². The summed E-state index contributed by atoms with van der Waals surface area (Å²) in [6.45, 7) is 7.22. The standard InChI is InChI=1S/C17H21N3O/c1-4-18-17(21)14-7-6-13(3)16(9-14)20-11-15-8-5-12(2)10-19-15/h5-10,20H,4,11H2,1-3H3,(H,18,21). The molecular weight excluding hydrogens is 262 g/mol. The predicted molar refractivity (Wildman–Crippen MR) is 85.5 cm³/mol. The van der Waals surface area contributed by atoms with E-state index in [1.165, 1.54) is 0 Å². The molecule has 0 saturated heterocycles. The number of nitrogens with zero attached hydrogens (tertiary/aromatic N) is 1. The van der Waals surface area contributed by atoms with Gasteiger partial charge in [-0.2, -0.15) is 0 Å². The minimum atomic E-state index is -0.0472. The normalized spacial score (nSPS) is 10.2. The molecule has 0 aliphatic carbocycles. The average molecular weight is 283 g/mol. The summed E-state index contributed by atoms with van der Waals surface area (Å²) in [4.78, 5) is 16.2. The van der Waals surface area contributed by atoms with Crippen LogP contribution in [-0.2, 0) is 6.54 Å². The van der Waals surface area contributed by atoms with Gasteiger partial charge in [0.05, 0.1) is 12.2 Å². The second-order valence-corrected chi connectivity index (χ2v) is 5.07. The molecule has 0 aliphatic rings. The van der Waals surface area contributed by atoms with Crippen LogP contribution in [0.25, 0.3) is 0 Å². The molecule has 0 fully saturated rings. The Labute approximate surface area is 125 Å². The Balaban J connectivity index is 2.10. The van der Waals surface area contributed by atoms with E-state index in [2.05, 4.69) is 15.6 Å². The lowest BCUT2D eigenvalue weighted by molar-refractivity contribution is 0.0956. The van der Waals surface area contributed by atoms with E-state index in [4.69, 9.17) is 0 Å². The minimum Gasteiger partial charge on any atom is -0.379 e. The van der Waals surface area contributed by atoms with Crippen LogP contribution in [0, 0.1) is 13.8 Å². The molecule has 1 heterocycles. The molecule has 0 unspecified atom stereocenters. The highest BCUT2D eigenvalue weighted by Gasteiger charge is 2.07. The number of nitrogens with one attached hydrogen (secondary N) is 2. The lowest BCUT2D eigenvalue weighted by atomic mass is 10.1. The Hall–Kier alpha value is -2.36. The van der Waals surface area contributed by atoms with E-state index in [1.807, 2.05) is 57.3 Å². The van der Waals surface area contributed by atoms with Crippen molar-refractivity contribution in [3.8, 4) is 0 Å².